The Morgan fingerprint density at radius 3 is 2.57 bits per heavy atom. The van der Waals surface area contributed by atoms with E-state index >= 15 is 0 Å². The van der Waals surface area contributed by atoms with Crippen LogP contribution in [-0.2, 0) is 0 Å². The lowest BCUT2D eigenvalue weighted by molar-refractivity contribution is 1.10. The number of anilines is 1. The van der Waals surface area contributed by atoms with Gasteiger partial charge in [-0.15, -0.1) is 12.4 Å². The Balaban J connectivity index is 0.000000980. The van der Waals surface area contributed by atoms with Crippen molar-refractivity contribution in [1.29, 1.82) is 0 Å². The van der Waals surface area contributed by atoms with Crippen molar-refractivity contribution in [2.24, 2.45) is 0 Å². The Kier molecular flexibility index (Phi) is 3.38. The topological polar surface area (TPSA) is 54.7 Å². The number of nitrogens with one attached hydrogen (secondary N) is 1. The fourth-order valence-electron chi connectivity index (χ4n) is 1.15. The highest BCUT2D eigenvalue weighted by Gasteiger charge is 2.04. The van der Waals surface area contributed by atoms with Crippen LogP contribution >= 0.6 is 24.0 Å². The maximum absolute atomic E-state index is 5.98. The number of halogens is 2. The number of hydrogen-bond donors (Lipinski definition) is 2. The number of rotatable bonds is 1. The zero-order valence-electron chi connectivity index (χ0n) is 7.20. The molecule has 74 valence electrons. The van der Waals surface area contributed by atoms with Gasteiger partial charge < -0.3 is 5.73 Å². The lowest BCUT2D eigenvalue weighted by Crippen LogP contribution is -1.81. The highest BCUT2D eigenvalue weighted by molar-refractivity contribution is 6.33. The molecule has 1 aromatic carbocycles. The first-order chi connectivity index (χ1) is 6.27. The molecule has 1 aromatic heterocycles. The molecule has 0 atom stereocenters. The molecule has 0 aliphatic rings. The van der Waals surface area contributed by atoms with Crippen molar-refractivity contribution in [1.82, 2.24) is 10.2 Å². The lowest BCUT2D eigenvalue weighted by atomic mass is 10.1. The third-order valence-corrected chi connectivity index (χ3v) is 2.09. The van der Waals surface area contributed by atoms with Crippen LogP contribution in [-0.4, -0.2) is 10.2 Å². The molecular weight excluding hydrogens is 221 g/mol. The summed E-state index contributed by atoms with van der Waals surface area (Å²) >= 11 is 5.98. The molecule has 0 unspecified atom stereocenters. The predicted octanol–water partition coefficient (Wildman–Crippen LogP) is 2.73. The average Bonchev–Trinajstić information content (AvgIpc) is 2.53. The van der Waals surface area contributed by atoms with E-state index in [2.05, 4.69) is 10.2 Å². The van der Waals surface area contributed by atoms with Crippen LogP contribution < -0.4 is 5.73 Å². The largest absolute Gasteiger partial charge is 0.382 e. The molecule has 1 heterocycles. The molecule has 0 amide bonds. The summed E-state index contributed by atoms with van der Waals surface area (Å²) in [4.78, 5) is 0. The quantitative estimate of drug-likeness (QED) is 0.791. The number of aromatic amines is 1. The van der Waals surface area contributed by atoms with Crippen LogP contribution in [0.2, 0.25) is 5.02 Å². The molecule has 0 fully saturated rings. The van der Waals surface area contributed by atoms with Gasteiger partial charge in [-0.3, -0.25) is 5.10 Å². The monoisotopic (exact) mass is 229 g/mol. The Hall–Kier alpha value is -1.19. The van der Waals surface area contributed by atoms with E-state index in [0.29, 0.717) is 10.8 Å². The lowest BCUT2D eigenvalue weighted by Gasteiger charge is -1.98. The molecular formula is C9H9Cl2N3. The van der Waals surface area contributed by atoms with Gasteiger partial charge in [0.2, 0.25) is 0 Å². The second-order valence-electron chi connectivity index (χ2n) is 2.69. The summed E-state index contributed by atoms with van der Waals surface area (Å²) in [5.74, 6) is 0.468. The van der Waals surface area contributed by atoms with Crippen LogP contribution in [0.1, 0.15) is 0 Å². The Labute approximate surface area is 92.7 Å². The molecule has 2 aromatic rings. The van der Waals surface area contributed by atoms with Crippen LogP contribution in [0, 0.1) is 0 Å². The van der Waals surface area contributed by atoms with E-state index in [-0.39, 0.29) is 12.4 Å². The van der Waals surface area contributed by atoms with Crippen LogP contribution in [0.4, 0.5) is 5.82 Å². The summed E-state index contributed by atoms with van der Waals surface area (Å²) < 4.78 is 0. The van der Waals surface area contributed by atoms with Gasteiger partial charge in [0.15, 0.2) is 0 Å². The zero-order chi connectivity index (χ0) is 9.26. The first-order valence-electron chi connectivity index (χ1n) is 3.83. The Bertz CT molecular complexity index is 426. The van der Waals surface area contributed by atoms with Gasteiger partial charge in [-0.05, 0) is 6.07 Å². The minimum Gasteiger partial charge on any atom is -0.382 e. The second-order valence-corrected chi connectivity index (χ2v) is 3.09. The van der Waals surface area contributed by atoms with Gasteiger partial charge in [-0.25, -0.2) is 0 Å². The third-order valence-electron chi connectivity index (χ3n) is 1.76. The molecule has 0 aliphatic heterocycles. The van der Waals surface area contributed by atoms with E-state index in [4.69, 9.17) is 17.3 Å². The summed E-state index contributed by atoms with van der Waals surface area (Å²) in [5, 5.41) is 7.32. The number of nitrogens with two attached hydrogens (primary N) is 1. The zero-order valence-corrected chi connectivity index (χ0v) is 8.77. The van der Waals surface area contributed by atoms with Gasteiger partial charge >= 0.3 is 0 Å². The first kappa shape index (κ1) is 10.9. The number of hydrogen-bond acceptors (Lipinski definition) is 2. The van der Waals surface area contributed by atoms with Crippen molar-refractivity contribution in [3.8, 4) is 11.3 Å². The van der Waals surface area contributed by atoms with Crippen molar-refractivity contribution < 1.29 is 0 Å². The maximum Gasteiger partial charge on any atom is 0.145 e. The van der Waals surface area contributed by atoms with Gasteiger partial charge in [-0.1, -0.05) is 29.8 Å². The van der Waals surface area contributed by atoms with E-state index in [1.54, 1.807) is 6.07 Å². The molecule has 3 N–H and O–H groups in total. The van der Waals surface area contributed by atoms with Gasteiger partial charge in [0.05, 0.1) is 5.69 Å². The predicted molar refractivity (Wildman–Crippen MR) is 60.7 cm³/mol. The fourth-order valence-corrected chi connectivity index (χ4v) is 1.39. The van der Waals surface area contributed by atoms with E-state index in [0.717, 1.165) is 11.3 Å². The minimum absolute atomic E-state index is 0. The summed E-state index contributed by atoms with van der Waals surface area (Å²) in [7, 11) is 0. The van der Waals surface area contributed by atoms with Gasteiger partial charge in [0.1, 0.15) is 5.82 Å². The highest BCUT2D eigenvalue weighted by Crippen LogP contribution is 2.26. The number of aromatic nitrogens is 2. The van der Waals surface area contributed by atoms with Crippen molar-refractivity contribution in [2.45, 2.75) is 0 Å². The maximum atomic E-state index is 5.98. The van der Waals surface area contributed by atoms with Gasteiger partial charge in [0, 0.05) is 16.7 Å². The summed E-state index contributed by atoms with van der Waals surface area (Å²) in [6, 6.07) is 9.29. The molecule has 0 aliphatic carbocycles. The second kappa shape index (κ2) is 4.35. The number of H-pyrrole nitrogens is 1. The first-order valence-corrected chi connectivity index (χ1v) is 4.21. The molecule has 2 rings (SSSR count). The molecule has 3 nitrogen and oxygen atoms in total. The number of nitrogen functional groups attached to an aromatic ring is 1. The molecule has 0 spiro atoms. The molecule has 0 radical (unpaired) electrons. The van der Waals surface area contributed by atoms with E-state index in [9.17, 15) is 0 Å². The summed E-state index contributed by atoms with van der Waals surface area (Å²) in [5.41, 5.74) is 7.23. The van der Waals surface area contributed by atoms with Gasteiger partial charge in [0.25, 0.3) is 0 Å². The van der Waals surface area contributed by atoms with Crippen LogP contribution in [0.3, 0.4) is 0 Å². The van der Waals surface area contributed by atoms with Crippen LogP contribution in [0.5, 0.6) is 0 Å². The SMILES string of the molecule is Cl.Nc1cc(-c2ccccc2Cl)[nH]n1. The van der Waals surface area contributed by atoms with Crippen molar-refractivity contribution in [3.63, 3.8) is 0 Å². The number of nitrogens with zero attached hydrogens (tertiary/aromatic N) is 1. The van der Waals surface area contributed by atoms with Gasteiger partial charge in [-0.2, -0.15) is 5.10 Å². The molecule has 0 bridgehead atoms. The normalized spacial score (nSPS) is 9.50. The number of benzene rings is 1. The Morgan fingerprint density at radius 2 is 2.00 bits per heavy atom. The third kappa shape index (κ3) is 2.00. The highest BCUT2D eigenvalue weighted by atomic mass is 35.5. The summed E-state index contributed by atoms with van der Waals surface area (Å²) in [6.07, 6.45) is 0. The molecule has 0 saturated heterocycles. The van der Waals surface area contributed by atoms with E-state index < -0.39 is 0 Å². The molecule has 5 heteroatoms. The van der Waals surface area contributed by atoms with Crippen molar-refractivity contribution in [2.75, 3.05) is 5.73 Å². The average molecular weight is 230 g/mol. The molecule has 0 saturated carbocycles. The smallest absolute Gasteiger partial charge is 0.145 e. The van der Waals surface area contributed by atoms with Crippen molar-refractivity contribution in [3.05, 3.63) is 35.4 Å². The van der Waals surface area contributed by atoms with Crippen molar-refractivity contribution >= 4 is 29.8 Å². The fraction of sp³-hybridized carbons (Fsp3) is 0. The molecule has 14 heavy (non-hydrogen) atoms. The standard InChI is InChI=1S/C9H8ClN3.ClH/c10-7-4-2-1-3-6(7)8-5-9(11)13-12-8;/h1-5H,(H3,11,12,13);1H. The summed E-state index contributed by atoms with van der Waals surface area (Å²) in [6.45, 7) is 0. The van der Waals surface area contributed by atoms with E-state index in [1.807, 2.05) is 24.3 Å². The van der Waals surface area contributed by atoms with Crippen LogP contribution in [0.15, 0.2) is 30.3 Å². The van der Waals surface area contributed by atoms with Crippen LogP contribution in [0.25, 0.3) is 11.3 Å². The minimum atomic E-state index is 0. The Morgan fingerprint density at radius 1 is 1.29 bits per heavy atom. The van der Waals surface area contributed by atoms with E-state index in [1.165, 1.54) is 0 Å².